The molecule has 0 spiro atoms. The molecule has 0 unspecified atom stereocenters. The molecule has 0 N–H and O–H groups in total. The van der Waals surface area contributed by atoms with Crippen LogP contribution in [0.15, 0.2) is 61.7 Å². The van der Waals surface area contributed by atoms with Crippen molar-refractivity contribution in [2.45, 2.75) is 13.8 Å². The minimum Gasteiger partial charge on any atom is -0.313 e. The lowest BCUT2D eigenvalue weighted by atomic mass is 10.1. The predicted octanol–water partition coefficient (Wildman–Crippen LogP) is 5.20. The summed E-state index contributed by atoms with van der Waals surface area (Å²) in [5.74, 6) is 0. The summed E-state index contributed by atoms with van der Waals surface area (Å²) < 4.78 is 2.22. The van der Waals surface area contributed by atoms with E-state index in [2.05, 4.69) is 61.1 Å². The van der Waals surface area contributed by atoms with Gasteiger partial charge in [-0.3, -0.25) is 0 Å². The highest BCUT2D eigenvalue weighted by Crippen LogP contribution is 2.30. The Hall–Kier alpha value is -2.28. The van der Waals surface area contributed by atoms with Crippen molar-refractivity contribution in [2.24, 2.45) is 0 Å². The van der Waals surface area contributed by atoms with Crippen molar-refractivity contribution >= 4 is 22.7 Å². The van der Waals surface area contributed by atoms with E-state index < -0.39 is 0 Å². The second-order valence-electron chi connectivity index (χ2n) is 4.38. The SMILES string of the molecule is C=C/C=C(\C=C)n1c(C)c(/C=C\C)c2ccccc21. The van der Waals surface area contributed by atoms with Gasteiger partial charge in [0, 0.05) is 22.3 Å². The zero-order valence-corrected chi connectivity index (χ0v) is 11.6. The third kappa shape index (κ3) is 2.19. The van der Waals surface area contributed by atoms with Crippen LogP contribution in [0.4, 0.5) is 0 Å². The van der Waals surface area contributed by atoms with Crippen LogP contribution < -0.4 is 0 Å². The van der Waals surface area contributed by atoms with Gasteiger partial charge in [-0.1, -0.05) is 49.6 Å². The molecule has 0 atom stereocenters. The zero-order chi connectivity index (χ0) is 13.8. The number of nitrogens with zero attached hydrogens (tertiary/aromatic N) is 1. The van der Waals surface area contributed by atoms with Crippen molar-refractivity contribution in [3.63, 3.8) is 0 Å². The van der Waals surface area contributed by atoms with Crippen LogP contribution in [-0.2, 0) is 0 Å². The highest BCUT2D eigenvalue weighted by molar-refractivity contribution is 5.94. The van der Waals surface area contributed by atoms with Gasteiger partial charge in [0.25, 0.3) is 0 Å². The average molecular weight is 249 g/mol. The van der Waals surface area contributed by atoms with Gasteiger partial charge in [0.05, 0.1) is 5.52 Å². The number of rotatable bonds is 4. The van der Waals surface area contributed by atoms with Gasteiger partial charge in [0.1, 0.15) is 0 Å². The first-order valence-corrected chi connectivity index (χ1v) is 6.42. The van der Waals surface area contributed by atoms with Crippen molar-refractivity contribution in [3.8, 4) is 0 Å². The molecule has 0 amide bonds. The van der Waals surface area contributed by atoms with E-state index in [4.69, 9.17) is 0 Å². The number of hydrogen-bond acceptors (Lipinski definition) is 0. The summed E-state index contributed by atoms with van der Waals surface area (Å²) >= 11 is 0. The summed E-state index contributed by atoms with van der Waals surface area (Å²) in [6.07, 6.45) is 9.86. The minimum atomic E-state index is 1.04. The van der Waals surface area contributed by atoms with Crippen molar-refractivity contribution in [1.29, 1.82) is 0 Å². The Morgan fingerprint density at radius 2 is 1.95 bits per heavy atom. The number of fused-ring (bicyclic) bond motifs is 1. The van der Waals surface area contributed by atoms with Crippen LogP contribution in [-0.4, -0.2) is 4.57 Å². The normalized spacial score (nSPS) is 12.2. The summed E-state index contributed by atoms with van der Waals surface area (Å²) in [6.45, 7) is 11.9. The molecule has 0 bridgehead atoms. The molecule has 1 heterocycles. The van der Waals surface area contributed by atoms with Crippen molar-refractivity contribution in [3.05, 3.63) is 73.0 Å². The number of aromatic nitrogens is 1. The van der Waals surface area contributed by atoms with Gasteiger partial charge in [-0.05, 0) is 32.1 Å². The molecule has 1 heteroatoms. The van der Waals surface area contributed by atoms with Crippen LogP contribution in [0.25, 0.3) is 22.7 Å². The molecule has 0 saturated heterocycles. The van der Waals surface area contributed by atoms with E-state index in [0.29, 0.717) is 0 Å². The topological polar surface area (TPSA) is 4.93 Å². The number of benzene rings is 1. The van der Waals surface area contributed by atoms with E-state index in [1.807, 2.05) is 19.1 Å². The van der Waals surface area contributed by atoms with Gasteiger partial charge in [-0.25, -0.2) is 0 Å². The molecule has 0 aliphatic rings. The molecule has 2 rings (SSSR count). The second-order valence-corrected chi connectivity index (χ2v) is 4.38. The molecule has 0 aliphatic carbocycles. The molecule has 0 radical (unpaired) electrons. The lowest BCUT2D eigenvalue weighted by molar-refractivity contribution is 1.09. The molecule has 1 aromatic heterocycles. The van der Waals surface area contributed by atoms with Gasteiger partial charge in [0.15, 0.2) is 0 Å². The van der Waals surface area contributed by atoms with E-state index in [0.717, 1.165) is 5.70 Å². The number of hydrogen-bond donors (Lipinski definition) is 0. The Morgan fingerprint density at radius 3 is 2.58 bits per heavy atom. The van der Waals surface area contributed by atoms with E-state index in [1.54, 1.807) is 6.08 Å². The van der Waals surface area contributed by atoms with Gasteiger partial charge in [-0.2, -0.15) is 0 Å². The molecular formula is C18H19N. The van der Waals surface area contributed by atoms with E-state index in [9.17, 15) is 0 Å². The molecule has 96 valence electrons. The van der Waals surface area contributed by atoms with Crippen LogP contribution >= 0.6 is 0 Å². The van der Waals surface area contributed by atoms with Crippen LogP contribution in [0, 0.1) is 6.92 Å². The first-order valence-electron chi connectivity index (χ1n) is 6.42. The van der Waals surface area contributed by atoms with Crippen LogP contribution in [0.3, 0.4) is 0 Å². The third-order valence-corrected chi connectivity index (χ3v) is 3.25. The Kier molecular flexibility index (Phi) is 3.86. The summed E-state index contributed by atoms with van der Waals surface area (Å²) in [4.78, 5) is 0. The van der Waals surface area contributed by atoms with Crippen molar-refractivity contribution < 1.29 is 0 Å². The Labute approximate surface area is 114 Å². The van der Waals surface area contributed by atoms with Crippen molar-refractivity contribution in [2.75, 3.05) is 0 Å². The van der Waals surface area contributed by atoms with E-state index in [-0.39, 0.29) is 0 Å². The standard InChI is InChI=1S/C18H19N/c1-5-10-15(7-3)19-14(4)16(11-6-2)17-12-8-9-13-18(17)19/h5-13H,1,3H2,2,4H3/b11-6-,15-10+. The Bertz CT molecular complexity index is 681. The largest absolute Gasteiger partial charge is 0.313 e. The Morgan fingerprint density at radius 1 is 1.21 bits per heavy atom. The fourth-order valence-corrected chi connectivity index (χ4v) is 2.46. The zero-order valence-electron chi connectivity index (χ0n) is 11.6. The summed E-state index contributed by atoms with van der Waals surface area (Å²) in [7, 11) is 0. The number of para-hydroxylation sites is 1. The molecule has 0 aliphatic heterocycles. The first-order chi connectivity index (χ1) is 9.24. The summed E-state index contributed by atoms with van der Waals surface area (Å²) in [6, 6.07) is 8.43. The smallest absolute Gasteiger partial charge is 0.0537 e. The summed E-state index contributed by atoms with van der Waals surface area (Å²) in [5, 5.41) is 1.26. The quantitative estimate of drug-likeness (QED) is 0.657. The lowest BCUT2D eigenvalue weighted by Crippen LogP contribution is -1.96. The van der Waals surface area contributed by atoms with Crippen molar-refractivity contribution in [1.82, 2.24) is 4.57 Å². The van der Waals surface area contributed by atoms with Crippen LogP contribution in [0.5, 0.6) is 0 Å². The van der Waals surface area contributed by atoms with E-state index >= 15 is 0 Å². The Balaban J connectivity index is 2.88. The van der Waals surface area contributed by atoms with Crippen LogP contribution in [0.2, 0.25) is 0 Å². The lowest BCUT2D eigenvalue weighted by Gasteiger charge is -2.08. The first kappa shape index (κ1) is 13.2. The molecular weight excluding hydrogens is 230 g/mol. The van der Waals surface area contributed by atoms with Gasteiger partial charge in [-0.15, -0.1) is 0 Å². The minimum absolute atomic E-state index is 1.04. The fraction of sp³-hybridized carbons (Fsp3) is 0.111. The monoisotopic (exact) mass is 249 g/mol. The highest BCUT2D eigenvalue weighted by atomic mass is 15.0. The maximum atomic E-state index is 3.90. The summed E-state index contributed by atoms with van der Waals surface area (Å²) in [5.41, 5.74) is 4.71. The second kappa shape index (κ2) is 5.57. The molecule has 2 aromatic rings. The van der Waals surface area contributed by atoms with Gasteiger partial charge < -0.3 is 4.57 Å². The average Bonchev–Trinajstić information content (AvgIpc) is 2.70. The third-order valence-electron chi connectivity index (χ3n) is 3.25. The van der Waals surface area contributed by atoms with Gasteiger partial charge in [0.2, 0.25) is 0 Å². The molecule has 1 nitrogen and oxygen atoms in total. The molecule has 1 aromatic carbocycles. The molecule has 0 fully saturated rings. The van der Waals surface area contributed by atoms with Gasteiger partial charge >= 0.3 is 0 Å². The predicted molar refractivity (Wildman–Crippen MR) is 86.1 cm³/mol. The highest BCUT2D eigenvalue weighted by Gasteiger charge is 2.12. The maximum Gasteiger partial charge on any atom is 0.0537 e. The maximum absolute atomic E-state index is 3.90. The number of allylic oxidation sites excluding steroid dienone is 5. The van der Waals surface area contributed by atoms with E-state index in [1.165, 1.54) is 22.2 Å². The molecule has 19 heavy (non-hydrogen) atoms. The molecule has 0 saturated carbocycles. The van der Waals surface area contributed by atoms with Crippen LogP contribution in [0.1, 0.15) is 18.2 Å². The fourth-order valence-electron chi connectivity index (χ4n) is 2.46.